The Hall–Kier alpha value is -3.28. The molecule has 6 nitrogen and oxygen atoms in total. The number of piperazine rings is 1. The molecule has 0 N–H and O–H groups in total. The highest BCUT2D eigenvalue weighted by molar-refractivity contribution is 5.79. The smallest absolute Gasteiger partial charge is 0.227 e. The predicted molar refractivity (Wildman–Crippen MR) is 109 cm³/mol. The van der Waals surface area contributed by atoms with Crippen LogP contribution in [0.15, 0.2) is 60.9 Å². The molecule has 2 aromatic heterocycles. The van der Waals surface area contributed by atoms with Crippen LogP contribution in [0.3, 0.4) is 0 Å². The van der Waals surface area contributed by atoms with Gasteiger partial charge in [-0.1, -0.05) is 29.8 Å². The highest BCUT2D eigenvalue weighted by Gasteiger charge is 2.22. The SMILES string of the molecule is Cc1ccc(CC(=O)N2CCN(c3ccc(-c4cccnc4)nn3)CC2)cc1. The molecule has 3 heterocycles. The summed E-state index contributed by atoms with van der Waals surface area (Å²) in [6.07, 6.45) is 3.98. The van der Waals surface area contributed by atoms with Crippen LogP contribution in [-0.4, -0.2) is 52.2 Å². The topological polar surface area (TPSA) is 62.2 Å². The number of benzene rings is 1. The average Bonchev–Trinajstić information content (AvgIpc) is 2.76. The highest BCUT2D eigenvalue weighted by Crippen LogP contribution is 2.18. The minimum Gasteiger partial charge on any atom is -0.352 e. The van der Waals surface area contributed by atoms with Crippen LogP contribution in [0.5, 0.6) is 0 Å². The van der Waals surface area contributed by atoms with Crippen LogP contribution >= 0.6 is 0 Å². The fourth-order valence-corrected chi connectivity index (χ4v) is 3.34. The minimum absolute atomic E-state index is 0.182. The van der Waals surface area contributed by atoms with Crippen LogP contribution in [0, 0.1) is 6.92 Å². The van der Waals surface area contributed by atoms with E-state index in [2.05, 4.69) is 27.0 Å². The van der Waals surface area contributed by atoms with E-state index in [1.54, 1.807) is 12.4 Å². The maximum atomic E-state index is 12.6. The molecule has 142 valence electrons. The first-order valence-corrected chi connectivity index (χ1v) is 9.51. The minimum atomic E-state index is 0.182. The number of carbonyl (C=O) groups excluding carboxylic acids is 1. The molecule has 1 aliphatic rings. The zero-order chi connectivity index (χ0) is 19.3. The Morgan fingerprint density at radius 2 is 1.75 bits per heavy atom. The lowest BCUT2D eigenvalue weighted by molar-refractivity contribution is -0.130. The van der Waals surface area contributed by atoms with Gasteiger partial charge < -0.3 is 9.80 Å². The summed E-state index contributed by atoms with van der Waals surface area (Å²) in [7, 11) is 0. The number of aryl methyl sites for hydroxylation is 1. The molecule has 3 aromatic rings. The van der Waals surface area contributed by atoms with Gasteiger partial charge in [-0.15, -0.1) is 10.2 Å². The van der Waals surface area contributed by atoms with Gasteiger partial charge in [-0.2, -0.15) is 0 Å². The van der Waals surface area contributed by atoms with Crippen LogP contribution < -0.4 is 4.90 Å². The molecule has 28 heavy (non-hydrogen) atoms. The van der Waals surface area contributed by atoms with E-state index >= 15 is 0 Å². The van der Waals surface area contributed by atoms with Crippen molar-refractivity contribution < 1.29 is 4.79 Å². The van der Waals surface area contributed by atoms with E-state index in [0.717, 1.165) is 35.7 Å². The Morgan fingerprint density at radius 1 is 0.964 bits per heavy atom. The van der Waals surface area contributed by atoms with Crippen molar-refractivity contribution in [2.45, 2.75) is 13.3 Å². The zero-order valence-corrected chi connectivity index (χ0v) is 16.0. The van der Waals surface area contributed by atoms with Gasteiger partial charge >= 0.3 is 0 Å². The summed E-state index contributed by atoms with van der Waals surface area (Å²) in [4.78, 5) is 20.8. The molecule has 0 bridgehead atoms. The number of hydrogen-bond donors (Lipinski definition) is 0. The van der Waals surface area contributed by atoms with E-state index in [0.29, 0.717) is 19.5 Å². The molecule has 0 radical (unpaired) electrons. The van der Waals surface area contributed by atoms with Gasteiger partial charge in [0.25, 0.3) is 0 Å². The van der Waals surface area contributed by atoms with Crippen LogP contribution in [0.1, 0.15) is 11.1 Å². The Morgan fingerprint density at radius 3 is 2.39 bits per heavy atom. The molecule has 4 rings (SSSR count). The molecule has 1 fully saturated rings. The quantitative estimate of drug-likeness (QED) is 0.704. The van der Waals surface area contributed by atoms with Gasteiger partial charge in [0.15, 0.2) is 5.82 Å². The molecule has 1 saturated heterocycles. The van der Waals surface area contributed by atoms with E-state index in [-0.39, 0.29) is 5.91 Å². The number of amides is 1. The van der Waals surface area contributed by atoms with Crippen molar-refractivity contribution >= 4 is 11.7 Å². The van der Waals surface area contributed by atoms with Crippen LogP contribution in [0.4, 0.5) is 5.82 Å². The predicted octanol–water partition coefficient (Wildman–Crippen LogP) is 2.74. The standard InChI is InChI=1S/C22H23N5O/c1-17-4-6-18(7-5-17)15-22(28)27-13-11-26(12-14-27)21-9-8-20(24-25-21)19-3-2-10-23-16-19/h2-10,16H,11-15H2,1H3. The lowest BCUT2D eigenvalue weighted by Crippen LogP contribution is -2.49. The molecule has 0 atom stereocenters. The Bertz CT molecular complexity index is 917. The van der Waals surface area contributed by atoms with Gasteiger partial charge in [0.05, 0.1) is 12.1 Å². The normalized spacial score (nSPS) is 14.2. The summed E-state index contributed by atoms with van der Waals surface area (Å²) in [5, 5.41) is 8.70. The summed E-state index contributed by atoms with van der Waals surface area (Å²) < 4.78 is 0. The zero-order valence-electron chi connectivity index (χ0n) is 16.0. The fourth-order valence-electron chi connectivity index (χ4n) is 3.34. The number of nitrogens with zero attached hydrogens (tertiary/aromatic N) is 5. The first kappa shape index (κ1) is 18.1. The molecule has 0 aliphatic carbocycles. The van der Waals surface area contributed by atoms with Gasteiger partial charge in [-0.3, -0.25) is 9.78 Å². The number of aromatic nitrogens is 3. The molecule has 1 aliphatic heterocycles. The third-order valence-corrected chi connectivity index (χ3v) is 5.04. The lowest BCUT2D eigenvalue weighted by Gasteiger charge is -2.35. The van der Waals surface area contributed by atoms with Crippen molar-refractivity contribution in [1.29, 1.82) is 0 Å². The van der Waals surface area contributed by atoms with E-state index in [4.69, 9.17) is 0 Å². The fraction of sp³-hybridized carbons (Fsp3) is 0.273. The molecule has 1 aromatic carbocycles. The first-order valence-electron chi connectivity index (χ1n) is 9.51. The number of pyridine rings is 1. The molecular weight excluding hydrogens is 350 g/mol. The maximum absolute atomic E-state index is 12.6. The monoisotopic (exact) mass is 373 g/mol. The molecular formula is C22H23N5O. The van der Waals surface area contributed by atoms with Crippen LogP contribution in [0.2, 0.25) is 0 Å². The number of anilines is 1. The van der Waals surface area contributed by atoms with E-state index < -0.39 is 0 Å². The van der Waals surface area contributed by atoms with Crippen LogP contribution in [-0.2, 0) is 11.2 Å². The summed E-state index contributed by atoms with van der Waals surface area (Å²) in [6, 6.07) is 16.0. The second-order valence-electron chi connectivity index (χ2n) is 7.05. The van der Waals surface area contributed by atoms with Gasteiger partial charge in [0.1, 0.15) is 0 Å². The molecule has 0 spiro atoms. The van der Waals surface area contributed by atoms with E-state index in [1.807, 2.05) is 53.4 Å². The lowest BCUT2D eigenvalue weighted by atomic mass is 10.1. The van der Waals surface area contributed by atoms with Crippen molar-refractivity contribution in [3.05, 3.63) is 72.1 Å². The largest absolute Gasteiger partial charge is 0.352 e. The molecule has 0 saturated carbocycles. The third-order valence-electron chi connectivity index (χ3n) is 5.04. The number of carbonyl (C=O) groups is 1. The summed E-state index contributed by atoms with van der Waals surface area (Å²) >= 11 is 0. The molecule has 6 heteroatoms. The van der Waals surface area contributed by atoms with Crippen molar-refractivity contribution in [1.82, 2.24) is 20.1 Å². The maximum Gasteiger partial charge on any atom is 0.227 e. The highest BCUT2D eigenvalue weighted by atomic mass is 16.2. The Labute approximate surface area is 164 Å². The van der Waals surface area contributed by atoms with E-state index in [9.17, 15) is 4.79 Å². The van der Waals surface area contributed by atoms with Gasteiger partial charge in [0.2, 0.25) is 5.91 Å². The van der Waals surface area contributed by atoms with Gasteiger partial charge in [-0.05, 0) is 36.8 Å². The van der Waals surface area contributed by atoms with Crippen molar-refractivity contribution in [2.75, 3.05) is 31.1 Å². The van der Waals surface area contributed by atoms with Crippen molar-refractivity contribution in [3.63, 3.8) is 0 Å². The van der Waals surface area contributed by atoms with Gasteiger partial charge in [0, 0.05) is 44.1 Å². The number of hydrogen-bond acceptors (Lipinski definition) is 5. The second-order valence-corrected chi connectivity index (χ2v) is 7.05. The third kappa shape index (κ3) is 4.17. The summed E-state index contributed by atoms with van der Waals surface area (Å²) in [6.45, 7) is 4.99. The average molecular weight is 373 g/mol. The van der Waals surface area contributed by atoms with Gasteiger partial charge in [-0.25, -0.2) is 0 Å². The Balaban J connectivity index is 1.33. The number of rotatable bonds is 4. The molecule has 1 amide bonds. The first-order chi connectivity index (χ1) is 13.7. The van der Waals surface area contributed by atoms with E-state index in [1.165, 1.54) is 5.56 Å². The summed E-state index contributed by atoms with van der Waals surface area (Å²) in [5.41, 5.74) is 4.03. The molecule has 0 unspecified atom stereocenters. The van der Waals surface area contributed by atoms with Crippen molar-refractivity contribution in [3.8, 4) is 11.3 Å². The second kappa shape index (κ2) is 8.17. The Kier molecular flexibility index (Phi) is 5.28. The van der Waals surface area contributed by atoms with Crippen molar-refractivity contribution in [2.24, 2.45) is 0 Å². The van der Waals surface area contributed by atoms with Crippen LogP contribution in [0.25, 0.3) is 11.3 Å². The summed E-state index contributed by atoms with van der Waals surface area (Å²) in [5.74, 6) is 1.03.